The summed E-state index contributed by atoms with van der Waals surface area (Å²) >= 11 is 0. The number of allylic oxidation sites excluding steroid dienone is 1. The van der Waals surface area contributed by atoms with E-state index in [9.17, 15) is 20.1 Å². The van der Waals surface area contributed by atoms with Gasteiger partial charge >= 0.3 is 5.97 Å². The number of aliphatic hydroxyl groups excluding tert-OH is 1. The lowest BCUT2D eigenvalue weighted by Gasteiger charge is -2.43. The van der Waals surface area contributed by atoms with Crippen molar-refractivity contribution in [3.8, 4) is 0 Å². The Hall–Kier alpha value is -1.13. The van der Waals surface area contributed by atoms with Gasteiger partial charge in [0.2, 0.25) is 0 Å². The van der Waals surface area contributed by atoms with Crippen LogP contribution >= 0.6 is 0 Å². The second kappa shape index (κ2) is 4.24. The third-order valence-corrected chi connectivity index (χ3v) is 7.26. The first-order chi connectivity index (χ1) is 10.3. The van der Waals surface area contributed by atoms with Crippen molar-refractivity contribution in [1.82, 2.24) is 0 Å². The molecule has 0 saturated heterocycles. The topological polar surface area (TPSA) is 77.8 Å². The Morgan fingerprint density at radius 3 is 2.82 bits per heavy atom. The minimum atomic E-state index is -1.10. The first-order valence-corrected chi connectivity index (χ1v) is 8.31. The monoisotopic (exact) mass is 304 g/mol. The van der Waals surface area contributed by atoms with Crippen molar-refractivity contribution in [2.75, 3.05) is 0 Å². The Balaban J connectivity index is 1.91. The maximum Gasteiger partial charge on any atom is 0.307 e. The van der Waals surface area contributed by atoms with Gasteiger partial charge in [-0.15, -0.1) is 0 Å². The van der Waals surface area contributed by atoms with E-state index in [1.165, 1.54) is 0 Å². The average molecular weight is 304 g/mol. The number of hydrogen-bond acceptors (Lipinski definition) is 3. The van der Waals surface area contributed by atoms with Crippen LogP contribution in [0.5, 0.6) is 0 Å². The lowest BCUT2D eigenvalue weighted by molar-refractivity contribution is -0.150. The smallest absolute Gasteiger partial charge is 0.307 e. The van der Waals surface area contributed by atoms with E-state index in [2.05, 4.69) is 6.58 Å². The van der Waals surface area contributed by atoms with Crippen molar-refractivity contribution in [2.45, 2.75) is 44.3 Å². The lowest BCUT2D eigenvalue weighted by Crippen LogP contribution is -2.49. The minimum Gasteiger partial charge on any atom is -0.481 e. The number of hydrogen-bond donors (Lipinski definition) is 3. The van der Waals surface area contributed by atoms with Crippen LogP contribution in [0.25, 0.3) is 0 Å². The van der Waals surface area contributed by atoms with Gasteiger partial charge in [-0.3, -0.25) is 4.79 Å². The number of carboxylic acids is 1. The molecule has 0 radical (unpaired) electrons. The Morgan fingerprint density at radius 1 is 1.41 bits per heavy atom. The van der Waals surface area contributed by atoms with Crippen LogP contribution in [0.2, 0.25) is 0 Å². The second-order valence-electron chi connectivity index (χ2n) is 8.04. The van der Waals surface area contributed by atoms with E-state index in [4.69, 9.17) is 0 Å². The summed E-state index contributed by atoms with van der Waals surface area (Å²) in [5, 5.41) is 31.6. The van der Waals surface area contributed by atoms with Gasteiger partial charge in [-0.2, -0.15) is 0 Å². The number of carbonyl (C=O) groups is 1. The molecule has 0 aromatic carbocycles. The number of fused-ring (bicyclic) bond motifs is 3. The van der Waals surface area contributed by atoms with Gasteiger partial charge in [-0.1, -0.05) is 31.2 Å². The van der Waals surface area contributed by atoms with Crippen LogP contribution in [0.3, 0.4) is 0 Å². The lowest BCUT2D eigenvalue weighted by atomic mass is 9.63. The molecule has 22 heavy (non-hydrogen) atoms. The van der Waals surface area contributed by atoms with Crippen molar-refractivity contribution >= 4 is 5.97 Å². The van der Waals surface area contributed by atoms with E-state index in [0.717, 1.165) is 31.3 Å². The summed E-state index contributed by atoms with van der Waals surface area (Å²) in [4.78, 5) is 12.1. The molecular formula is C18H24O4. The summed E-state index contributed by atoms with van der Waals surface area (Å²) in [6.45, 7) is 6.05. The van der Waals surface area contributed by atoms with Gasteiger partial charge in [0, 0.05) is 5.92 Å². The van der Waals surface area contributed by atoms with E-state index in [-0.39, 0.29) is 17.3 Å². The SMILES string of the molecule is C=C1CC23CC1CCC2C1(O)C=CC(O)C(C)C1C3C(=O)O. The molecule has 0 aromatic heterocycles. The van der Waals surface area contributed by atoms with Crippen LogP contribution in [0.1, 0.15) is 32.6 Å². The summed E-state index contributed by atoms with van der Waals surface area (Å²) in [7, 11) is 0. The molecule has 0 aromatic rings. The van der Waals surface area contributed by atoms with Crippen molar-refractivity contribution in [3.05, 3.63) is 24.3 Å². The fourth-order valence-corrected chi connectivity index (χ4v) is 6.46. The van der Waals surface area contributed by atoms with Gasteiger partial charge in [-0.25, -0.2) is 0 Å². The van der Waals surface area contributed by atoms with E-state index in [1.807, 2.05) is 6.92 Å². The van der Waals surface area contributed by atoms with Gasteiger partial charge in [0.25, 0.3) is 0 Å². The third-order valence-electron chi connectivity index (χ3n) is 7.26. The van der Waals surface area contributed by atoms with Crippen LogP contribution in [-0.2, 0) is 4.79 Å². The van der Waals surface area contributed by atoms with Crippen LogP contribution < -0.4 is 0 Å². The van der Waals surface area contributed by atoms with Crippen molar-refractivity contribution in [2.24, 2.45) is 35.0 Å². The maximum absolute atomic E-state index is 12.1. The van der Waals surface area contributed by atoms with Crippen molar-refractivity contribution < 1.29 is 20.1 Å². The van der Waals surface area contributed by atoms with Gasteiger partial charge in [-0.05, 0) is 48.9 Å². The Kier molecular flexibility index (Phi) is 2.78. The zero-order chi connectivity index (χ0) is 15.9. The Bertz CT molecular complexity index is 582. The molecule has 8 atom stereocenters. The molecule has 4 nitrogen and oxygen atoms in total. The summed E-state index contributed by atoms with van der Waals surface area (Å²) in [5.41, 5.74) is -0.321. The van der Waals surface area contributed by atoms with Crippen molar-refractivity contribution in [1.29, 1.82) is 0 Å². The highest BCUT2D eigenvalue weighted by Crippen LogP contribution is 2.72. The maximum atomic E-state index is 12.1. The predicted molar refractivity (Wildman–Crippen MR) is 80.9 cm³/mol. The molecule has 1 spiro atoms. The summed E-state index contributed by atoms with van der Waals surface area (Å²) in [5.74, 6) is -1.71. The van der Waals surface area contributed by atoms with Gasteiger partial charge in [0.1, 0.15) is 0 Å². The molecule has 4 rings (SSSR count). The average Bonchev–Trinajstić information content (AvgIpc) is 2.84. The van der Waals surface area contributed by atoms with E-state index in [0.29, 0.717) is 5.92 Å². The highest BCUT2D eigenvalue weighted by Gasteiger charge is 2.73. The van der Waals surface area contributed by atoms with Crippen LogP contribution in [-0.4, -0.2) is 33.0 Å². The van der Waals surface area contributed by atoms with Crippen LogP contribution in [0.15, 0.2) is 24.3 Å². The number of rotatable bonds is 1. The van der Waals surface area contributed by atoms with Gasteiger partial charge in [0.05, 0.1) is 17.6 Å². The molecule has 0 amide bonds. The molecule has 2 bridgehead atoms. The zero-order valence-corrected chi connectivity index (χ0v) is 12.9. The number of carboxylic acid groups (broad SMARTS) is 1. The van der Waals surface area contributed by atoms with Gasteiger partial charge < -0.3 is 15.3 Å². The first-order valence-electron chi connectivity index (χ1n) is 8.31. The highest BCUT2D eigenvalue weighted by atomic mass is 16.4. The van der Waals surface area contributed by atoms with Gasteiger partial charge in [0.15, 0.2) is 0 Å². The number of aliphatic hydroxyl groups is 2. The largest absolute Gasteiger partial charge is 0.481 e. The highest BCUT2D eigenvalue weighted by molar-refractivity contribution is 5.74. The molecule has 3 fully saturated rings. The molecule has 4 aliphatic rings. The molecule has 0 aliphatic heterocycles. The molecule has 3 saturated carbocycles. The number of aliphatic carboxylic acids is 1. The molecule has 8 unspecified atom stereocenters. The summed E-state index contributed by atoms with van der Waals surface area (Å²) in [6, 6.07) is 0. The normalized spacial score (nSPS) is 55.9. The minimum absolute atomic E-state index is 0.0344. The van der Waals surface area contributed by atoms with Crippen LogP contribution in [0, 0.1) is 35.0 Å². The predicted octanol–water partition coefficient (Wildman–Crippen LogP) is 1.98. The van der Waals surface area contributed by atoms with E-state index >= 15 is 0 Å². The third kappa shape index (κ3) is 1.48. The first kappa shape index (κ1) is 14.5. The van der Waals surface area contributed by atoms with Crippen molar-refractivity contribution in [3.63, 3.8) is 0 Å². The van der Waals surface area contributed by atoms with Crippen LogP contribution in [0.4, 0.5) is 0 Å². The molecule has 120 valence electrons. The summed E-state index contributed by atoms with van der Waals surface area (Å²) in [6.07, 6.45) is 6.10. The van der Waals surface area contributed by atoms with E-state index in [1.54, 1.807) is 12.2 Å². The Morgan fingerprint density at radius 2 is 2.14 bits per heavy atom. The molecule has 0 heterocycles. The molecule has 4 aliphatic carbocycles. The quantitative estimate of drug-likeness (QED) is 0.647. The fourth-order valence-electron chi connectivity index (χ4n) is 6.46. The standard InChI is InChI=1S/C18H24O4/c1-9-7-17-8-11(9)3-4-13(17)18(22)6-5-12(19)10(2)14(18)15(17)16(20)21/h5-6,10-15,19,22H,1,3-4,7-8H2,2H3,(H,20,21). The fraction of sp³-hybridized carbons (Fsp3) is 0.722. The molecule has 4 heteroatoms. The van der Waals surface area contributed by atoms with E-state index < -0.39 is 29.5 Å². The molecule has 3 N–H and O–H groups in total. The molecular weight excluding hydrogens is 280 g/mol. The zero-order valence-electron chi connectivity index (χ0n) is 12.9. The summed E-state index contributed by atoms with van der Waals surface area (Å²) < 4.78 is 0. The second-order valence-corrected chi connectivity index (χ2v) is 8.04. The Labute approximate surface area is 130 Å².